The zero-order valence-corrected chi connectivity index (χ0v) is 17.3. The molecule has 1 aromatic heterocycles. The molecule has 0 spiro atoms. The van der Waals surface area contributed by atoms with Crippen molar-refractivity contribution in [3.63, 3.8) is 0 Å². The second-order valence-corrected chi connectivity index (χ2v) is 8.97. The molecule has 1 fully saturated rings. The van der Waals surface area contributed by atoms with Crippen molar-refractivity contribution in [1.82, 2.24) is 10.3 Å². The molecule has 2 N–H and O–H groups in total. The van der Waals surface area contributed by atoms with Crippen LogP contribution in [-0.4, -0.2) is 30.2 Å². The number of rotatable bonds is 5. The highest BCUT2D eigenvalue weighted by molar-refractivity contribution is 5.97. The molecule has 2 aromatic rings. The van der Waals surface area contributed by atoms with E-state index in [-0.39, 0.29) is 11.3 Å². The standard InChI is InChI=1S/C22H28F3N3O/c1-13-8-18(20(29)26-11-14-6-5-7-14)28-19-16(13)9-15(27-12-22(23,24)25)10-17(19)21(2,3)4/h8-10,14,27H,5-7,11-12H2,1-4H3,(H,26,29). The second-order valence-electron chi connectivity index (χ2n) is 8.97. The summed E-state index contributed by atoms with van der Waals surface area (Å²) in [5, 5.41) is 6.18. The monoisotopic (exact) mass is 407 g/mol. The van der Waals surface area contributed by atoms with Gasteiger partial charge in [-0.3, -0.25) is 4.79 Å². The first-order valence-electron chi connectivity index (χ1n) is 9.99. The highest BCUT2D eigenvalue weighted by Gasteiger charge is 2.28. The molecule has 1 amide bonds. The summed E-state index contributed by atoms with van der Waals surface area (Å²) in [7, 11) is 0. The van der Waals surface area contributed by atoms with Crippen LogP contribution in [0.5, 0.6) is 0 Å². The van der Waals surface area contributed by atoms with Gasteiger partial charge in [0.05, 0.1) is 5.52 Å². The van der Waals surface area contributed by atoms with E-state index in [2.05, 4.69) is 15.6 Å². The predicted molar refractivity (Wildman–Crippen MR) is 109 cm³/mol. The highest BCUT2D eigenvalue weighted by Crippen LogP contribution is 2.34. The number of halogens is 3. The molecule has 158 valence electrons. The van der Waals surface area contributed by atoms with Crippen molar-refractivity contribution in [2.75, 3.05) is 18.4 Å². The smallest absolute Gasteiger partial charge is 0.376 e. The van der Waals surface area contributed by atoms with Crippen molar-refractivity contribution in [2.45, 2.75) is 58.5 Å². The maximum absolute atomic E-state index is 12.7. The number of amides is 1. The van der Waals surface area contributed by atoms with Gasteiger partial charge in [0.2, 0.25) is 0 Å². The fraction of sp³-hybridized carbons (Fsp3) is 0.545. The number of anilines is 1. The Bertz CT molecular complexity index is 912. The topological polar surface area (TPSA) is 54.0 Å². The minimum atomic E-state index is -4.30. The summed E-state index contributed by atoms with van der Waals surface area (Å²) < 4.78 is 38.0. The Morgan fingerprint density at radius 1 is 1.17 bits per heavy atom. The number of aromatic nitrogens is 1. The number of fused-ring (bicyclic) bond motifs is 1. The maximum Gasteiger partial charge on any atom is 0.405 e. The van der Waals surface area contributed by atoms with Crippen molar-refractivity contribution in [3.05, 3.63) is 35.0 Å². The van der Waals surface area contributed by atoms with E-state index in [9.17, 15) is 18.0 Å². The van der Waals surface area contributed by atoms with Crippen molar-refractivity contribution in [2.24, 2.45) is 5.92 Å². The normalized spacial score (nSPS) is 15.3. The largest absolute Gasteiger partial charge is 0.405 e. The molecule has 1 saturated carbocycles. The second kappa shape index (κ2) is 7.84. The Hall–Kier alpha value is -2.31. The molecule has 1 heterocycles. The molecule has 3 rings (SSSR count). The number of aryl methyl sites for hydroxylation is 1. The molecule has 0 radical (unpaired) electrons. The van der Waals surface area contributed by atoms with Gasteiger partial charge in [0, 0.05) is 17.6 Å². The third-order valence-electron chi connectivity index (χ3n) is 5.43. The van der Waals surface area contributed by atoms with Crippen molar-refractivity contribution >= 4 is 22.5 Å². The summed E-state index contributed by atoms with van der Waals surface area (Å²) in [6.07, 6.45) is -0.793. The first kappa shape index (κ1) is 21.4. The van der Waals surface area contributed by atoms with E-state index in [1.807, 2.05) is 27.7 Å². The third kappa shape index (κ3) is 5.19. The van der Waals surface area contributed by atoms with Gasteiger partial charge in [-0.1, -0.05) is 27.2 Å². The number of pyridine rings is 1. The first-order valence-corrected chi connectivity index (χ1v) is 9.99. The molecular weight excluding hydrogens is 379 g/mol. The summed E-state index contributed by atoms with van der Waals surface area (Å²) in [4.78, 5) is 17.2. The van der Waals surface area contributed by atoms with E-state index in [4.69, 9.17) is 0 Å². The summed E-state index contributed by atoms with van der Waals surface area (Å²) in [6, 6.07) is 5.09. The quantitative estimate of drug-likeness (QED) is 0.703. The van der Waals surface area contributed by atoms with Gasteiger partial charge in [0.25, 0.3) is 5.91 Å². The molecule has 0 aliphatic heterocycles. The van der Waals surface area contributed by atoms with Crippen LogP contribution in [0.3, 0.4) is 0 Å². The van der Waals surface area contributed by atoms with Crippen LogP contribution in [0.1, 0.15) is 61.6 Å². The number of carbonyl (C=O) groups is 1. The summed E-state index contributed by atoms with van der Waals surface area (Å²) in [5.41, 5.74) is 2.65. The van der Waals surface area contributed by atoms with Gasteiger partial charge < -0.3 is 10.6 Å². The summed E-state index contributed by atoms with van der Waals surface area (Å²) in [6.45, 7) is 7.36. The highest BCUT2D eigenvalue weighted by atomic mass is 19.4. The van der Waals surface area contributed by atoms with Crippen LogP contribution in [-0.2, 0) is 5.41 Å². The lowest BCUT2D eigenvalue weighted by Gasteiger charge is -2.25. The van der Waals surface area contributed by atoms with Crippen LogP contribution in [0.25, 0.3) is 10.9 Å². The van der Waals surface area contributed by atoms with Crippen LogP contribution < -0.4 is 10.6 Å². The summed E-state index contributed by atoms with van der Waals surface area (Å²) in [5.74, 6) is 0.342. The average molecular weight is 407 g/mol. The Morgan fingerprint density at radius 2 is 1.86 bits per heavy atom. The van der Waals surface area contributed by atoms with Gasteiger partial charge >= 0.3 is 6.18 Å². The molecular formula is C22H28F3N3O. The predicted octanol–water partition coefficient (Wildman–Crippen LogP) is 5.34. The Labute approximate surface area is 169 Å². The van der Waals surface area contributed by atoms with Gasteiger partial charge in [-0.25, -0.2) is 4.98 Å². The van der Waals surface area contributed by atoms with E-state index in [1.165, 1.54) is 6.42 Å². The van der Waals surface area contributed by atoms with Crippen LogP contribution >= 0.6 is 0 Å². The van der Waals surface area contributed by atoms with Crippen LogP contribution in [0, 0.1) is 12.8 Å². The lowest BCUT2D eigenvalue weighted by atomic mass is 9.84. The maximum atomic E-state index is 12.7. The zero-order valence-electron chi connectivity index (χ0n) is 17.3. The van der Waals surface area contributed by atoms with Crippen molar-refractivity contribution in [1.29, 1.82) is 0 Å². The molecule has 0 unspecified atom stereocenters. The number of nitrogens with zero attached hydrogens (tertiary/aromatic N) is 1. The molecule has 4 nitrogen and oxygen atoms in total. The molecule has 0 atom stereocenters. The van der Waals surface area contributed by atoms with Gasteiger partial charge in [0.15, 0.2) is 0 Å². The number of hydrogen-bond donors (Lipinski definition) is 2. The molecule has 0 saturated heterocycles. The molecule has 7 heteroatoms. The van der Waals surface area contributed by atoms with Crippen LogP contribution in [0.4, 0.5) is 18.9 Å². The molecule has 1 aliphatic carbocycles. The number of nitrogens with one attached hydrogen (secondary N) is 2. The van der Waals surface area contributed by atoms with E-state index in [0.29, 0.717) is 29.4 Å². The molecule has 1 aromatic carbocycles. The SMILES string of the molecule is Cc1cc(C(=O)NCC2CCC2)nc2c(C(C)(C)C)cc(NCC(F)(F)F)cc12. The van der Waals surface area contributed by atoms with Crippen LogP contribution in [0.15, 0.2) is 18.2 Å². The first-order chi connectivity index (χ1) is 13.4. The van der Waals surface area contributed by atoms with E-state index in [1.54, 1.807) is 18.2 Å². The lowest BCUT2D eigenvalue weighted by Crippen LogP contribution is -2.32. The van der Waals surface area contributed by atoms with Crippen molar-refractivity contribution in [3.8, 4) is 0 Å². The summed E-state index contributed by atoms with van der Waals surface area (Å²) >= 11 is 0. The fourth-order valence-electron chi connectivity index (χ4n) is 3.51. The Balaban J connectivity index is 1.98. The molecule has 0 bridgehead atoms. The Morgan fingerprint density at radius 3 is 2.41 bits per heavy atom. The van der Waals surface area contributed by atoms with E-state index < -0.39 is 12.7 Å². The van der Waals surface area contributed by atoms with E-state index in [0.717, 1.165) is 29.4 Å². The van der Waals surface area contributed by atoms with Crippen LogP contribution in [0.2, 0.25) is 0 Å². The van der Waals surface area contributed by atoms with Gasteiger partial charge in [-0.15, -0.1) is 0 Å². The third-order valence-corrected chi connectivity index (χ3v) is 5.43. The van der Waals surface area contributed by atoms with Gasteiger partial charge in [-0.05, 0) is 60.4 Å². The number of alkyl halides is 3. The van der Waals surface area contributed by atoms with E-state index >= 15 is 0 Å². The number of hydrogen-bond acceptors (Lipinski definition) is 3. The minimum absolute atomic E-state index is 0.207. The van der Waals surface area contributed by atoms with Gasteiger partial charge in [-0.2, -0.15) is 13.2 Å². The number of carbonyl (C=O) groups excluding carboxylic acids is 1. The number of benzene rings is 1. The molecule has 29 heavy (non-hydrogen) atoms. The minimum Gasteiger partial charge on any atom is -0.376 e. The van der Waals surface area contributed by atoms with Gasteiger partial charge in [0.1, 0.15) is 12.2 Å². The average Bonchev–Trinajstić information content (AvgIpc) is 2.56. The fourth-order valence-corrected chi connectivity index (χ4v) is 3.51. The Kier molecular flexibility index (Phi) is 5.79. The van der Waals surface area contributed by atoms with Crippen molar-refractivity contribution < 1.29 is 18.0 Å². The zero-order chi connectivity index (χ0) is 21.4. The molecule has 1 aliphatic rings. The lowest BCUT2D eigenvalue weighted by molar-refractivity contribution is -0.115.